The molecule has 4 rings (SSSR count). The largest absolute Gasteiger partial charge is 0.334 e. The van der Waals surface area contributed by atoms with E-state index in [4.69, 9.17) is 0 Å². The number of para-hydroxylation sites is 1. The highest BCUT2D eigenvalue weighted by Crippen LogP contribution is 2.23. The fraction of sp³-hybridized carbons (Fsp3) is 0.261. The van der Waals surface area contributed by atoms with Crippen molar-refractivity contribution >= 4 is 23.6 Å². The fourth-order valence-corrected chi connectivity index (χ4v) is 4.18. The molecule has 3 heterocycles. The average molecular weight is 449 g/mol. The lowest BCUT2D eigenvalue weighted by atomic mass is 10.1. The van der Waals surface area contributed by atoms with Crippen LogP contribution in [0.1, 0.15) is 27.4 Å². The third-order valence-electron chi connectivity index (χ3n) is 6.03. The number of benzene rings is 1. The fourth-order valence-electron chi connectivity index (χ4n) is 4.18. The molecule has 10 nitrogen and oxygen atoms in total. The van der Waals surface area contributed by atoms with Gasteiger partial charge in [-0.2, -0.15) is 0 Å². The summed E-state index contributed by atoms with van der Waals surface area (Å²) in [6.07, 6.45) is 0. The number of aryl methyl sites for hydroxylation is 1. The van der Waals surface area contributed by atoms with Gasteiger partial charge in [-0.15, -0.1) is 0 Å². The highest BCUT2D eigenvalue weighted by Gasteiger charge is 2.43. The first-order valence-corrected chi connectivity index (χ1v) is 10.3. The quantitative estimate of drug-likeness (QED) is 0.333. The predicted octanol–water partition coefficient (Wildman–Crippen LogP) is 1.50. The number of aromatic nitrogens is 3. The summed E-state index contributed by atoms with van der Waals surface area (Å²) in [6, 6.07) is 9.99. The first kappa shape index (κ1) is 22.0. The van der Waals surface area contributed by atoms with E-state index in [9.17, 15) is 24.0 Å². The molecule has 1 aliphatic rings. The van der Waals surface area contributed by atoms with Crippen molar-refractivity contribution in [3.8, 4) is 11.4 Å². The molecule has 0 saturated carbocycles. The minimum Gasteiger partial charge on any atom is -0.311 e. The molecular weight excluding hydrogens is 426 g/mol. The van der Waals surface area contributed by atoms with Crippen LogP contribution in [0.3, 0.4) is 0 Å². The van der Waals surface area contributed by atoms with E-state index in [1.807, 2.05) is 37.3 Å². The van der Waals surface area contributed by atoms with Gasteiger partial charge in [0, 0.05) is 31.0 Å². The number of ketones is 1. The molecule has 0 bridgehead atoms. The number of hydrogen-bond acceptors (Lipinski definition) is 5. The molecule has 2 aromatic heterocycles. The molecule has 4 amide bonds. The summed E-state index contributed by atoms with van der Waals surface area (Å²) in [4.78, 5) is 63.7. The van der Waals surface area contributed by atoms with E-state index >= 15 is 0 Å². The zero-order chi connectivity index (χ0) is 24.2. The third-order valence-corrected chi connectivity index (χ3v) is 6.03. The van der Waals surface area contributed by atoms with E-state index in [2.05, 4.69) is 0 Å². The van der Waals surface area contributed by atoms with Crippen LogP contribution >= 0.6 is 0 Å². The number of rotatable bonds is 5. The highest BCUT2D eigenvalue weighted by molar-refractivity contribution is 6.45. The molecule has 0 radical (unpaired) electrons. The van der Waals surface area contributed by atoms with Crippen molar-refractivity contribution in [1.29, 1.82) is 0 Å². The first-order chi connectivity index (χ1) is 15.6. The van der Waals surface area contributed by atoms with Gasteiger partial charge in [-0.05, 0) is 39.0 Å². The van der Waals surface area contributed by atoms with Crippen LogP contribution in [-0.2, 0) is 16.6 Å². The second-order valence-corrected chi connectivity index (χ2v) is 7.99. The number of carbonyl (C=O) groups is 4. The number of urea groups is 1. The zero-order valence-electron chi connectivity index (χ0n) is 18.9. The van der Waals surface area contributed by atoms with Crippen LogP contribution in [0.15, 0.2) is 41.2 Å². The smallest absolute Gasteiger partial charge is 0.311 e. The van der Waals surface area contributed by atoms with E-state index in [0.29, 0.717) is 38.3 Å². The van der Waals surface area contributed by atoms with Crippen LogP contribution in [0.5, 0.6) is 0 Å². The Labute approximate surface area is 189 Å². The number of likely N-dealkylation sites (N-methyl/N-ethyl adjacent to an activating group) is 1. The Morgan fingerprint density at radius 3 is 2.09 bits per heavy atom. The topological polar surface area (TPSA) is 107 Å². The number of amides is 4. The second kappa shape index (κ2) is 7.73. The molecule has 3 aromatic rings. The van der Waals surface area contributed by atoms with Crippen LogP contribution in [-0.4, -0.2) is 61.0 Å². The molecule has 1 fully saturated rings. The summed E-state index contributed by atoms with van der Waals surface area (Å²) in [6.45, 7) is 4.73. The minimum absolute atomic E-state index is 0.251. The molecule has 0 unspecified atom stereocenters. The van der Waals surface area contributed by atoms with Gasteiger partial charge in [0.25, 0.3) is 5.56 Å². The van der Waals surface area contributed by atoms with Gasteiger partial charge in [0.1, 0.15) is 5.69 Å². The Morgan fingerprint density at radius 2 is 1.52 bits per heavy atom. The molecule has 1 aromatic carbocycles. The first-order valence-electron chi connectivity index (χ1n) is 10.3. The normalized spacial score (nSPS) is 14.0. The summed E-state index contributed by atoms with van der Waals surface area (Å²) in [5, 5.41) is 0. The molecule has 33 heavy (non-hydrogen) atoms. The Hall–Kier alpha value is -4.21. The van der Waals surface area contributed by atoms with Gasteiger partial charge in [-0.3, -0.25) is 28.8 Å². The maximum absolute atomic E-state index is 13.4. The van der Waals surface area contributed by atoms with Crippen LogP contribution in [0.25, 0.3) is 11.4 Å². The van der Waals surface area contributed by atoms with Gasteiger partial charge >= 0.3 is 17.8 Å². The van der Waals surface area contributed by atoms with E-state index in [-0.39, 0.29) is 11.1 Å². The number of imide groups is 2. The average Bonchev–Trinajstić information content (AvgIpc) is 3.27. The van der Waals surface area contributed by atoms with Crippen LogP contribution < -0.4 is 5.56 Å². The lowest BCUT2D eigenvalue weighted by Gasteiger charge is -2.12. The van der Waals surface area contributed by atoms with Crippen molar-refractivity contribution in [2.24, 2.45) is 7.05 Å². The predicted molar refractivity (Wildman–Crippen MR) is 119 cm³/mol. The monoisotopic (exact) mass is 449 g/mol. The van der Waals surface area contributed by atoms with Crippen molar-refractivity contribution < 1.29 is 19.2 Å². The summed E-state index contributed by atoms with van der Waals surface area (Å²) in [5.74, 6) is -2.51. The van der Waals surface area contributed by atoms with Gasteiger partial charge in [-0.1, -0.05) is 18.2 Å². The number of nitrogens with zero attached hydrogens (tertiary/aromatic N) is 5. The van der Waals surface area contributed by atoms with Gasteiger partial charge in [-0.25, -0.2) is 14.4 Å². The lowest BCUT2D eigenvalue weighted by molar-refractivity contribution is -0.142. The van der Waals surface area contributed by atoms with Gasteiger partial charge in [0.2, 0.25) is 0 Å². The molecule has 170 valence electrons. The van der Waals surface area contributed by atoms with E-state index < -0.39 is 30.2 Å². The minimum atomic E-state index is -1.03. The number of Topliss-reactive ketones (excluding diaryl/α,β-unsaturated/α-hetero) is 1. The summed E-state index contributed by atoms with van der Waals surface area (Å²) < 4.78 is 5.00. The number of hydrogen-bond donors (Lipinski definition) is 0. The molecule has 0 N–H and O–H groups in total. The van der Waals surface area contributed by atoms with Crippen LogP contribution in [0.2, 0.25) is 0 Å². The summed E-state index contributed by atoms with van der Waals surface area (Å²) >= 11 is 0. The highest BCUT2D eigenvalue weighted by atomic mass is 16.2. The maximum Gasteiger partial charge on any atom is 0.334 e. The number of carbonyl (C=O) groups excluding carboxylic acids is 4. The molecule has 10 heteroatoms. The Bertz CT molecular complexity index is 1390. The molecule has 1 saturated heterocycles. The van der Waals surface area contributed by atoms with Crippen LogP contribution in [0.4, 0.5) is 4.79 Å². The molecule has 1 aliphatic heterocycles. The Kier molecular flexibility index (Phi) is 5.15. The molecule has 0 atom stereocenters. The van der Waals surface area contributed by atoms with E-state index in [0.717, 1.165) is 0 Å². The third kappa shape index (κ3) is 3.22. The molecule has 0 spiro atoms. The van der Waals surface area contributed by atoms with Crippen LogP contribution in [0, 0.1) is 20.8 Å². The van der Waals surface area contributed by atoms with Crippen molar-refractivity contribution in [3.05, 3.63) is 69.4 Å². The molecule has 0 aliphatic carbocycles. The molecular formula is C23H23N5O5. The summed E-state index contributed by atoms with van der Waals surface area (Å²) in [7, 11) is 2.97. The SMILES string of the molecule is Cc1cc(C(=O)CN2C(=O)C(=O)N(C)C2=O)c(C)n1-c1c(C)n(C)n(-c2ccccc2)c1=O. The van der Waals surface area contributed by atoms with Gasteiger partial charge in [0.15, 0.2) is 5.78 Å². The Morgan fingerprint density at radius 1 is 0.879 bits per heavy atom. The second-order valence-electron chi connectivity index (χ2n) is 7.99. The van der Waals surface area contributed by atoms with E-state index in [1.165, 1.54) is 7.05 Å². The van der Waals surface area contributed by atoms with E-state index in [1.54, 1.807) is 40.9 Å². The van der Waals surface area contributed by atoms with Crippen molar-refractivity contribution in [2.45, 2.75) is 20.8 Å². The summed E-state index contributed by atoms with van der Waals surface area (Å²) in [5.41, 5.74) is 2.97. The lowest BCUT2D eigenvalue weighted by Crippen LogP contribution is -2.36. The Balaban J connectivity index is 1.76. The van der Waals surface area contributed by atoms with Gasteiger partial charge < -0.3 is 4.57 Å². The van der Waals surface area contributed by atoms with Gasteiger partial charge in [0.05, 0.1) is 17.9 Å². The van der Waals surface area contributed by atoms with Crippen molar-refractivity contribution in [2.75, 3.05) is 13.6 Å². The zero-order valence-corrected chi connectivity index (χ0v) is 18.9. The standard InChI is InChI=1S/C23H23N5O5/c1-13-11-17(18(29)12-26-22(32)21(31)24(4)23(26)33)14(2)27(13)19-15(3)25(5)28(20(19)30)16-9-7-6-8-10-16/h6-11H,12H2,1-5H3. The maximum atomic E-state index is 13.4. The van der Waals surface area contributed by atoms with Crippen molar-refractivity contribution in [1.82, 2.24) is 23.7 Å². The van der Waals surface area contributed by atoms with Crippen molar-refractivity contribution in [3.63, 3.8) is 0 Å².